The highest BCUT2D eigenvalue weighted by molar-refractivity contribution is 5.00. The van der Waals surface area contributed by atoms with E-state index < -0.39 is 0 Å². The summed E-state index contributed by atoms with van der Waals surface area (Å²) in [5, 5.41) is 0. The van der Waals surface area contributed by atoms with E-state index in [1.54, 1.807) is 12.1 Å². The largest absolute Gasteiger partial charge is 0.206 e. The van der Waals surface area contributed by atoms with Crippen molar-refractivity contribution in [3.05, 3.63) is 72.5 Å². The first-order valence-electron chi connectivity index (χ1n) is 3.93. The third-order valence-corrected chi connectivity index (χ3v) is 1.28. The summed E-state index contributed by atoms with van der Waals surface area (Å²) < 4.78 is 11.9. The molecule has 2 radical (unpaired) electrons. The summed E-state index contributed by atoms with van der Waals surface area (Å²) in [6.45, 7) is 0. The molecule has 0 spiro atoms. The second-order valence-electron chi connectivity index (χ2n) is 2.29. The van der Waals surface area contributed by atoms with E-state index in [2.05, 4.69) is 12.1 Å². The maximum atomic E-state index is 11.9. The zero-order chi connectivity index (χ0) is 9.36. The van der Waals surface area contributed by atoms with Gasteiger partial charge in [-0.2, -0.15) is 0 Å². The first kappa shape index (κ1) is 9.46. The van der Waals surface area contributed by atoms with Gasteiger partial charge >= 0.3 is 0 Å². The van der Waals surface area contributed by atoms with Crippen molar-refractivity contribution in [3.8, 4) is 0 Å². The van der Waals surface area contributed by atoms with E-state index in [1.165, 1.54) is 12.1 Å². The quantitative estimate of drug-likeness (QED) is 0.572. The molecule has 0 aliphatic carbocycles. The van der Waals surface area contributed by atoms with Gasteiger partial charge in [-0.3, -0.25) is 0 Å². The molecule has 0 N–H and O–H groups in total. The fraction of sp³-hybridized carbons (Fsp3) is 0. The van der Waals surface area contributed by atoms with Gasteiger partial charge < -0.3 is 0 Å². The molecule has 2 rings (SSSR count). The molecule has 0 amide bonds. The lowest BCUT2D eigenvalue weighted by Crippen LogP contribution is -1.65. The van der Waals surface area contributed by atoms with E-state index in [4.69, 9.17) is 0 Å². The van der Waals surface area contributed by atoms with Crippen molar-refractivity contribution in [1.29, 1.82) is 0 Å². The van der Waals surface area contributed by atoms with Gasteiger partial charge in [-0.1, -0.05) is 48.5 Å². The Labute approximate surface area is 77.7 Å². The number of hydrogen-bond donors (Lipinski definition) is 0. The second-order valence-corrected chi connectivity index (χ2v) is 2.29. The molecule has 13 heavy (non-hydrogen) atoms. The summed E-state index contributed by atoms with van der Waals surface area (Å²) in [5.41, 5.74) is 0. The minimum Gasteiger partial charge on any atom is -0.206 e. The molecule has 0 heterocycles. The Kier molecular flexibility index (Phi) is 4.33. The summed E-state index contributed by atoms with van der Waals surface area (Å²) in [7, 11) is 0. The molecule has 1 heteroatoms. The molecule has 0 aromatic heterocycles. The van der Waals surface area contributed by atoms with E-state index in [-0.39, 0.29) is 5.82 Å². The number of halogens is 1. The van der Waals surface area contributed by atoms with Gasteiger partial charge in [0.1, 0.15) is 5.82 Å². The number of benzene rings is 2. The minimum atomic E-state index is -0.303. The first-order valence-corrected chi connectivity index (χ1v) is 3.93. The Morgan fingerprint density at radius 2 is 1.54 bits per heavy atom. The normalized spacial score (nSPS) is 8.38. The highest BCUT2D eigenvalue weighted by atomic mass is 19.1. The predicted molar refractivity (Wildman–Crippen MR) is 50.5 cm³/mol. The SMILES string of the molecule is Fc1[c]cccc1.[c]1ccccc1. The standard InChI is InChI=1S/C6H4F.C6H5/c7-6-4-2-1-3-5-6;1-2-4-6-5-3-1/h1-4H;1-5H. The first-order chi connectivity index (χ1) is 6.39. The molecule has 2 aromatic carbocycles. The Morgan fingerprint density at radius 1 is 0.846 bits per heavy atom. The van der Waals surface area contributed by atoms with Crippen molar-refractivity contribution in [2.45, 2.75) is 0 Å². The summed E-state index contributed by atoms with van der Waals surface area (Å²) in [4.78, 5) is 0. The van der Waals surface area contributed by atoms with Crippen LogP contribution in [0, 0.1) is 17.9 Å². The molecule has 64 valence electrons. The molecule has 2 aromatic rings. The molecule has 0 saturated carbocycles. The lowest BCUT2D eigenvalue weighted by atomic mass is 10.4. The van der Waals surface area contributed by atoms with E-state index in [0.29, 0.717) is 0 Å². The van der Waals surface area contributed by atoms with Crippen LogP contribution in [0.15, 0.2) is 54.6 Å². The zero-order valence-electron chi connectivity index (χ0n) is 7.07. The lowest BCUT2D eigenvalue weighted by molar-refractivity contribution is 0.625. The van der Waals surface area contributed by atoms with Crippen molar-refractivity contribution >= 4 is 0 Å². The molecule has 0 bridgehead atoms. The van der Waals surface area contributed by atoms with Gasteiger partial charge in [0.25, 0.3) is 0 Å². The molecular weight excluding hydrogens is 163 g/mol. The van der Waals surface area contributed by atoms with Crippen LogP contribution in [0.25, 0.3) is 0 Å². The van der Waals surface area contributed by atoms with Crippen LogP contribution in [0.2, 0.25) is 0 Å². The minimum absolute atomic E-state index is 0.303. The Balaban J connectivity index is 0.000000132. The van der Waals surface area contributed by atoms with E-state index in [1.807, 2.05) is 30.3 Å². The van der Waals surface area contributed by atoms with Crippen LogP contribution < -0.4 is 0 Å². The topological polar surface area (TPSA) is 0 Å². The molecule has 0 fully saturated rings. The fourth-order valence-electron chi connectivity index (χ4n) is 0.713. The molecule has 0 nitrogen and oxygen atoms in total. The third-order valence-electron chi connectivity index (χ3n) is 1.28. The highest BCUT2D eigenvalue weighted by Crippen LogP contribution is 1.90. The van der Waals surface area contributed by atoms with Crippen LogP contribution in [0.3, 0.4) is 0 Å². The molecule has 0 unspecified atom stereocenters. The van der Waals surface area contributed by atoms with Gasteiger partial charge in [-0.25, -0.2) is 4.39 Å². The smallest absolute Gasteiger partial charge is 0.131 e. The van der Waals surface area contributed by atoms with Gasteiger partial charge in [0.05, 0.1) is 0 Å². The number of hydrogen-bond acceptors (Lipinski definition) is 0. The second kappa shape index (κ2) is 5.95. The van der Waals surface area contributed by atoms with Gasteiger partial charge in [0.2, 0.25) is 0 Å². The fourth-order valence-corrected chi connectivity index (χ4v) is 0.713. The molecule has 0 saturated heterocycles. The van der Waals surface area contributed by atoms with E-state index in [9.17, 15) is 4.39 Å². The molecule has 0 aliphatic rings. The maximum Gasteiger partial charge on any atom is 0.131 e. The van der Waals surface area contributed by atoms with E-state index in [0.717, 1.165) is 0 Å². The summed E-state index contributed by atoms with van der Waals surface area (Å²) in [6.07, 6.45) is 0. The summed E-state index contributed by atoms with van der Waals surface area (Å²) in [5.74, 6) is -0.303. The van der Waals surface area contributed by atoms with Crippen LogP contribution in [-0.2, 0) is 0 Å². The van der Waals surface area contributed by atoms with Crippen molar-refractivity contribution in [2.24, 2.45) is 0 Å². The van der Waals surface area contributed by atoms with Crippen molar-refractivity contribution in [2.75, 3.05) is 0 Å². The van der Waals surface area contributed by atoms with Crippen LogP contribution in [0.5, 0.6) is 0 Å². The van der Waals surface area contributed by atoms with Crippen LogP contribution in [0.1, 0.15) is 0 Å². The van der Waals surface area contributed by atoms with Crippen molar-refractivity contribution in [1.82, 2.24) is 0 Å². The van der Waals surface area contributed by atoms with Crippen LogP contribution >= 0.6 is 0 Å². The van der Waals surface area contributed by atoms with Crippen molar-refractivity contribution < 1.29 is 4.39 Å². The average molecular weight is 172 g/mol. The maximum absolute atomic E-state index is 11.9. The molecule has 0 aliphatic heterocycles. The summed E-state index contributed by atoms with van der Waals surface area (Å²) in [6, 6.07) is 21.1. The molecule has 0 atom stereocenters. The predicted octanol–water partition coefficient (Wildman–Crippen LogP) is 3.11. The zero-order valence-corrected chi connectivity index (χ0v) is 7.07. The lowest BCUT2D eigenvalue weighted by Gasteiger charge is -1.77. The molecular formula is C12H9F. The Morgan fingerprint density at radius 3 is 1.77 bits per heavy atom. The van der Waals surface area contributed by atoms with Gasteiger partial charge in [-0.15, -0.1) is 0 Å². The van der Waals surface area contributed by atoms with Crippen LogP contribution in [0.4, 0.5) is 4.39 Å². The van der Waals surface area contributed by atoms with Crippen molar-refractivity contribution in [3.63, 3.8) is 0 Å². The Hall–Kier alpha value is -1.63. The van der Waals surface area contributed by atoms with E-state index >= 15 is 0 Å². The van der Waals surface area contributed by atoms with Gasteiger partial charge in [0.15, 0.2) is 0 Å². The monoisotopic (exact) mass is 172 g/mol. The van der Waals surface area contributed by atoms with Gasteiger partial charge in [0, 0.05) is 6.07 Å². The average Bonchev–Trinajstić information content (AvgIpc) is 2.22. The Bertz CT molecular complexity index is 276. The third kappa shape index (κ3) is 4.75. The summed E-state index contributed by atoms with van der Waals surface area (Å²) >= 11 is 0. The number of rotatable bonds is 0. The van der Waals surface area contributed by atoms with Gasteiger partial charge in [-0.05, 0) is 12.1 Å². The highest BCUT2D eigenvalue weighted by Gasteiger charge is 1.78. The van der Waals surface area contributed by atoms with Crippen LogP contribution in [-0.4, -0.2) is 0 Å².